The summed E-state index contributed by atoms with van der Waals surface area (Å²) in [5.74, 6) is 0. The molecule has 1 unspecified atom stereocenters. The van der Waals surface area contributed by atoms with E-state index in [-0.39, 0.29) is 6.04 Å². The van der Waals surface area contributed by atoms with Crippen molar-refractivity contribution in [3.63, 3.8) is 0 Å². The standard InChI is InChI=1S/C14H23ClN2/c1-4-12(16)9-11-7-8-14(13(15)10-11)17(5-2)6-3/h7-8,10,12H,4-6,9,16H2,1-3H3. The topological polar surface area (TPSA) is 29.3 Å². The van der Waals surface area contributed by atoms with Crippen molar-refractivity contribution in [3.05, 3.63) is 28.8 Å². The Kier molecular flexibility index (Phi) is 5.79. The van der Waals surface area contributed by atoms with E-state index in [4.69, 9.17) is 17.3 Å². The predicted molar refractivity (Wildman–Crippen MR) is 77.0 cm³/mol. The molecule has 1 atom stereocenters. The average molecular weight is 255 g/mol. The Bertz CT molecular complexity index is 348. The number of halogens is 1. The van der Waals surface area contributed by atoms with Crippen molar-refractivity contribution in [1.29, 1.82) is 0 Å². The van der Waals surface area contributed by atoms with Crippen LogP contribution in [0.1, 0.15) is 32.8 Å². The first-order chi connectivity index (χ1) is 8.12. The van der Waals surface area contributed by atoms with Gasteiger partial charge in [-0.25, -0.2) is 0 Å². The molecule has 3 heteroatoms. The van der Waals surface area contributed by atoms with E-state index in [1.54, 1.807) is 0 Å². The smallest absolute Gasteiger partial charge is 0.0642 e. The highest BCUT2D eigenvalue weighted by Gasteiger charge is 2.09. The maximum Gasteiger partial charge on any atom is 0.0642 e. The van der Waals surface area contributed by atoms with Crippen LogP contribution in [-0.2, 0) is 6.42 Å². The number of rotatable bonds is 6. The second-order valence-corrected chi connectivity index (χ2v) is 4.74. The van der Waals surface area contributed by atoms with Crippen molar-refractivity contribution >= 4 is 17.3 Å². The molecule has 0 saturated heterocycles. The summed E-state index contributed by atoms with van der Waals surface area (Å²) in [5.41, 5.74) is 8.29. The molecule has 0 aliphatic carbocycles. The molecule has 0 heterocycles. The quantitative estimate of drug-likeness (QED) is 0.842. The zero-order chi connectivity index (χ0) is 12.8. The van der Waals surface area contributed by atoms with Gasteiger partial charge in [0.2, 0.25) is 0 Å². The van der Waals surface area contributed by atoms with Crippen molar-refractivity contribution in [2.75, 3.05) is 18.0 Å². The largest absolute Gasteiger partial charge is 0.371 e. The van der Waals surface area contributed by atoms with Crippen molar-refractivity contribution in [3.8, 4) is 0 Å². The number of hydrogen-bond acceptors (Lipinski definition) is 2. The molecule has 1 aromatic carbocycles. The van der Waals surface area contributed by atoms with Crippen molar-refractivity contribution in [2.24, 2.45) is 5.73 Å². The van der Waals surface area contributed by atoms with Gasteiger partial charge in [0, 0.05) is 19.1 Å². The molecule has 0 bridgehead atoms. The molecule has 1 aromatic rings. The molecule has 0 amide bonds. The molecule has 17 heavy (non-hydrogen) atoms. The summed E-state index contributed by atoms with van der Waals surface area (Å²) in [4.78, 5) is 2.26. The summed E-state index contributed by atoms with van der Waals surface area (Å²) in [5, 5.41) is 0.828. The Balaban J connectivity index is 2.85. The monoisotopic (exact) mass is 254 g/mol. The molecule has 2 N–H and O–H groups in total. The van der Waals surface area contributed by atoms with Gasteiger partial charge in [0.1, 0.15) is 0 Å². The third kappa shape index (κ3) is 3.90. The zero-order valence-electron chi connectivity index (χ0n) is 11.0. The summed E-state index contributed by atoms with van der Waals surface area (Å²) in [6.45, 7) is 8.34. The maximum atomic E-state index is 6.33. The molecule has 1 rings (SSSR count). The number of benzene rings is 1. The van der Waals surface area contributed by atoms with E-state index >= 15 is 0 Å². The fourth-order valence-electron chi connectivity index (χ4n) is 1.95. The molecule has 0 aliphatic heterocycles. The lowest BCUT2D eigenvalue weighted by molar-refractivity contribution is 0.646. The van der Waals surface area contributed by atoms with Crippen LogP contribution >= 0.6 is 11.6 Å². The second kappa shape index (κ2) is 6.87. The SMILES string of the molecule is CCC(N)Cc1ccc(N(CC)CC)c(Cl)c1. The molecule has 96 valence electrons. The minimum Gasteiger partial charge on any atom is -0.371 e. The molecular weight excluding hydrogens is 232 g/mol. The Hall–Kier alpha value is -0.730. The van der Waals surface area contributed by atoms with Gasteiger partial charge in [-0.15, -0.1) is 0 Å². The van der Waals surface area contributed by atoms with Crippen LogP contribution in [0.3, 0.4) is 0 Å². The van der Waals surface area contributed by atoms with E-state index in [9.17, 15) is 0 Å². The highest BCUT2D eigenvalue weighted by Crippen LogP contribution is 2.27. The van der Waals surface area contributed by atoms with E-state index in [2.05, 4.69) is 37.8 Å². The first-order valence-electron chi connectivity index (χ1n) is 6.41. The number of hydrogen-bond donors (Lipinski definition) is 1. The number of anilines is 1. The highest BCUT2D eigenvalue weighted by molar-refractivity contribution is 6.33. The molecule has 0 aromatic heterocycles. The van der Waals surface area contributed by atoms with Crippen LogP contribution in [0.4, 0.5) is 5.69 Å². The zero-order valence-corrected chi connectivity index (χ0v) is 11.8. The van der Waals surface area contributed by atoms with Crippen LogP contribution in [0.5, 0.6) is 0 Å². The second-order valence-electron chi connectivity index (χ2n) is 4.33. The van der Waals surface area contributed by atoms with Gasteiger partial charge in [0.05, 0.1) is 10.7 Å². The maximum absolute atomic E-state index is 6.33. The summed E-state index contributed by atoms with van der Waals surface area (Å²) >= 11 is 6.33. The Labute approximate surface area is 110 Å². The van der Waals surface area contributed by atoms with Crippen LogP contribution in [0, 0.1) is 0 Å². The van der Waals surface area contributed by atoms with Gasteiger partial charge in [-0.3, -0.25) is 0 Å². The number of nitrogens with two attached hydrogens (primary N) is 1. The van der Waals surface area contributed by atoms with E-state index in [0.717, 1.165) is 36.6 Å². The average Bonchev–Trinajstić information content (AvgIpc) is 2.33. The van der Waals surface area contributed by atoms with Crippen LogP contribution in [-0.4, -0.2) is 19.1 Å². The Morgan fingerprint density at radius 3 is 2.35 bits per heavy atom. The highest BCUT2D eigenvalue weighted by atomic mass is 35.5. The molecule has 0 saturated carbocycles. The molecule has 0 spiro atoms. The first kappa shape index (κ1) is 14.3. The van der Waals surface area contributed by atoms with Crippen LogP contribution in [0.15, 0.2) is 18.2 Å². The van der Waals surface area contributed by atoms with Gasteiger partial charge in [-0.1, -0.05) is 24.6 Å². The Morgan fingerprint density at radius 2 is 1.88 bits per heavy atom. The predicted octanol–water partition coefficient (Wildman–Crippen LogP) is 3.47. The van der Waals surface area contributed by atoms with Gasteiger partial charge < -0.3 is 10.6 Å². The molecular formula is C14H23ClN2. The fraction of sp³-hybridized carbons (Fsp3) is 0.571. The molecule has 0 radical (unpaired) electrons. The van der Waals surface area contributed by atoms with Crippen LogP contribution in [0.25, 0.3) is 0 Å². The Morgan fingerprint density at radius 1 is 1.24 bits per heavy atom. The van der Waals surface area contributed by atoms with E-state index < -0.39 is 0 Å². The lowest BCUT2D eigenvalue weighted by atomic mass is 10.0. The third-order valence-electron chi connectivity index (χ3n) is 3.14. The summed E-state index contributed by atoms with van der Waals surface area (Å²) < 4.78 is 0. The van der Waals surface area contributed by atoms with Gasteiger partial charge >= 0.3 is 0 Å². The van der Waals surface area contributed by atoms with E-state index in [0.29, 0.717) is 0 Å². The van der Waals surface area contributed by atoms with Crippen molar-refractivity contribution < 1.29 is 0 Å². The third-order valence-corrected chi connectivity index (χ3v) is 3.44. The van der Waals surface area contributed by atoms with Gasteiger partial charge in [0.15, 0.2) is 0 Å². The number of nitrogens with zero attached hydrogens (tertiary/aromatic N) is 1. The summed E-state index contributed by atoms with van der Waals surface area (Å²) in [6, 6.07) is 6.51. The van der Waals surface area contributed by atoms with Gasteiger partial charge in [0.25, 0.3) is 0 Å². The van der Waals surface area contributed by atoms with Gasteiger partial charge in [-0.2, -0.15) is 0 Å². The van der Waals surface area contributed by atoms with E-state index in [1.807, 2.05) is 6.07 Å². The van der Waals surface area contributed by atoms with Crippen LogP contribution < -0.4 is 10.6 Å². The van der Waals surface area contributed by atoms with Gasteiger partial charge in [-0.05, 0) is 44.4 Å². The van der Waals surface area contributed by atoms with Crippen molar-refractivity contribution in [2.45, 2.75) is 39.7 Å². The molecule has 0 aliphatic rings. The van der Waals surface area contributed by atoms with E-state index in [1.165, 1.54) is 5.56 Å². The first-order valence-corrected chi connectivity index (χ1v) is 6.79. The minimum absolute atomic E-state index is 0.227. The lowest BCUT2D eigenvalue weighted by Gasteiger charge is -2.23. The lowest BCUT2D eigenvalue weighted by Crippen LogP contribution is -2.23. The van der Waals surface area contributed by atoms with Crippen molar-refractivity contribution in [1.82, 2.24) is 0 Å². The summed E-state index contributed by atoms with van der Waals surface area (Å²) in [6.07, 6.45) is 1.89. The normalized spacial score (nSPS) is 12.5. The fourth-order valence-corrected chi connectivity index (χ4v) is 2.27. The minimum atomic E-state index is 0.227. The van der Waals surface area contributed by atoms with Crippen LogP contribution in [0.2, 0.25) is 5.02 Å². The summed E-state index contributed by atoms with van der Waals surface area (Å²) in [7, 11) is 0. The molecule has 0 fully saturated rings. The molecule has 2 nitrogen and oxygen atoms in total.